The zero-order valence-electron chi connectivity index (χ0n) is 13.0. The van der Waals surface area contributed by atoms with Gasteiger partial charge in [0.25, 0.3) is 0 Å². The van der Waals surface area contributed by atoms with Crippen molar-refractivity contribution in [2.45, 2.75) is 51.5 Å². The third kappa shape index (κ3) is 2.51. The molecule has 1 aliphatic heterocycles. The standard InChI is InChI=1S/C18H28N2/c1-15-6-7-16(2)17(14-15)18(8-4-3-5-9-18)20-12-10-19-11-13-20/h6-7,14,19H,3-5,8-13H2,1-2H3. The number of hydrogen-bond acceptors (Lipinski definition) is 2. The van der Waals surface area contributed by atoms with E-state index in [2.05, 4.69) is 42.3 Å². The molecule has 2 aliphatic rings. The zero-order chi connectivity index (χ0) is 14.0. The largest absolute Gasteiger partial charge is 0.314 e. The number of piperazine rings is 1. The molecular weight excluding hydrogens is 244 g/mol. The Labute approximate surface area is 123 Å². The summed E-state index contributed by atoms with van der Waals surface area (Å²) in [6.45, 7) is 9.23. The Morgan fingerprint density at radius 2 is 1.70 bits per heavy atom. The van der Waals surface area contributed by atoms with Crippen LogP contribution in [-0.2, 0) is 5.54 Å². The minimum Gasteiger partial charge on any atom is -0.314 e. The smallest absolute Gasteiger partial charge is 0.0464 e. The zero-order valence-corrected chi connectivity index (χ0v) is 13.0. The molecule has 2 fully saturated rings. The summed E-state index contributed by atoms with van der Waals surface area (Å²) in [5.74, 6) is 0. The molecule has 0 atom stereocenters. The monoisotopic (exact) mass is 272 g/mol. The van der Waals surface area contributed by atoms with Gasteiger partial charge in [-0.2, -0.15) is 0 Å². The van der Waals surface area contributed by atoms with E-state index in [9.17, 15) is 0 Å². The SMILES string of the molecule is Cc1ccc(C)c(C2(N3CCNCC3)CCCCC2)c1. The van der Waals surface area contributed by atoms with Crippen LogP contribution in [0.2, 0.25) is 0 Å². The fourth-order valence-electron chi connectivity index (χ4n) is 4.22. The Bertz CT molecular complexity index is 454. The highest BCUT2D eigenvalue weighted by Crippen LogP contribution is 2.43. The molecule has 20 heavy (non-hydrogen) atoms. The predicted molar refractivity (Wildman–Crippen MR) is 85.1 cm³/mol. The van der Waals surface area contributed by atoms with Gasteiger partial charge in [-0.15, -0.1) is 0 Å². The lowest BCUT2D eigenvalue weighted by atomic mass is 9.73. The van der Waals surface area contributed by atoms with Gasteiger partial charge in [-0.25, -0.2) is 0 Å². The van der Waals surface area contributed by atoms with Crippen LogP contribution >= 0.6 is 0 Å². The van der Waals surface area contributed by atoms with Crippen LogP contribution in [0.15, 0.2) is 18.2 Å². The van der Waals surface area contributed by atoms with Crippen molar-refractivity contribution in [3.8, 4) is 0 Å². The van der Waals surface area contributed by atoms with Crippen LogP contribution < -0.4 is 5.32 Å². The minimum absolute atomic E-state index is 0.316. The van der Waals surface area contributed by atoms with Crippen LogP contribution in [0.4, 0.5) is 0 Å². The van der Waals surface area contributed by atoms with E-state index in [-0.39, 0.29) is 0 Å². The molecule has 0 spiro atoms. The van der Waals surface area contributed by atoms with Crippen molar-refractivity contribution in [3.05, 3.63) is 34.9 Å². The molecule has 0 aromatic heterocycles. The van der Waals surface area contributed by atoms with Gasteiger partial charge in [0.15, 0.2) is 0 Å². The topological polar surface area (TPSA) is 15.3 Å². The number of benzene rings is 1. The lowest BCUT2D eigenvalue weighted by Crippen LogP contribution is -2.55. The maximum Gasteiger partial charge on any atom is 0.0464 e. The van der Waals surface area contributed by atoms with E-state index < -0.39 is 0 Å². The van der Waals surface area contributed by atoms with E-state index in [1.54, 1.807) is 5.56 Å². The Balaban J connectivity index is 2.02. The van der Waals surface area contributed by atoms with Crippen LogP contribution in [-0.4, -0.2) is 31.1 Å². The summed E-state index contributed by atoms with van der Waals surface area (Å²) < 4.78 is 0. The first kappa shape index (κ1) is 14.1. The average molecular weight is 272 g/mol. The van der Waals surface area contributed by atoms with Gasteiger partial charge in [-0.1, -0.05) is 43.0 Å². The van der Waals surface area contributed by atoms with Crippen molar-refractivity contribution in [2.24, 2.45) is 0 Å². The Morgan fingerprint density at radius 1 is 1.00 bits per heavy atom. The number of nitrogens with one attached hydrogen (secondary N) is 1. The second-order valence-corrected chi connectivity index (χ2v) is 6.65. The summed E-state index contributed by atoms with van der Waals surface area (Å²) >= 11 is 0. The molecule has 2 nitrogen and oxygen atoms in total. The molecule has 1 saturated heterocycles. The molecule has 3 rings (SSSR count). The van der Waals surface area contributed by atoms with Crippen molar-refractivity contribution in [1.82, 2.24) is 10.2 Å². The maximum absolute atomic E-state index is 3.51. The van der Waals surface area contributed by atoms with Gasteiger partial charge in [0.1, 0.15) is 0 Å². The predicted octanol–water partition coefficient (Wildman–Crippen LogP) is 3.37. The summed E-state index contributed by atoms with van der Waals surface area (Å²) in [6.07, 6.45) is 6.88. The lowest BCUT2D eigenvalue weighted by Gasteiger charge is -2.49. The van der Waals surface area contributed by atoms with Crippen molar-refractivity contribution in [3.63, 3.8) is 0 Å². The molecule has 1 aromatic carbocycles. The van der Waals surface area contributed by atoms with Gasteiger partial charge in [-0.3, -0.25) is 4.90 Å². The Kier molecular flexibility index (Phi) is 4.13. The average Bonchev–Trinajstić information content (AvgIpc) is 2.51. The van der Waals surface area contributed by atoms with Gasteiger partial charge in [0, 0.05) is 31.7 Å². The minimum atomic E-state index is 0.316. The number of rotatable bonds is 2. The molecule has 1 aromatic rings. The summed E-state index contributed by atoms with van der Waals surface area (Å²) in [4.78, 5) is 2.78. The number of nitrogens with zero attached hydrogens (tertiary/aromatic N) is 1. The van der Waals surface area contributed by atoms with Crippen LogP contribution in [0.25, 0.3) is 0 Å². The van der Waals surface area contributed by atoms with E-state index in [0.29, 0.717) is 5.54 Å². The van der Waals surface area contributed by atoms with E-state index >= 15 is 0 Å². The highest BCUT2D eigenvalue weighted by molar-refractivity contribution is 5.37. The fraction of sp³-hybridized carbons (Fsp3) is 0.667. The first-order chi connectivity index (χ1) is 9.72. The van der Waals surface area contributed by atoms with E-state index in [1.807, 2.05) is 0 Å². The summed E-state index contributed by atoms with van der Waals surface area (Å²) in [5, 5.41) is 3.51. The highest BCUT2D eigenvalue weighted by Gasteiger charge is 2.40. The van der Waals surface area contributed by atoms with Crippen LogP contribution in [0.3, 0.4) is 0 Å². The number of hydrogen-bond donors (Lipinski definition) is 1. The quantitative estimate of drug-likeness (QED) is 0.888. The molecular formula is C18H28N2. The molecule has 0 bridgehead atoms. The van der Waals surface area contributed by atoms with Crippen molar-refractivity contribution >= 4 is 0 Å². The second-order valence-electron chi connectivity index (χ2n) is 6.65. The first-order valence-electron chi connectivity index (χ1n) is 8.26. The van der Waals surface area contributed by atoms with E-state index in [1.165, 1.54) is 56.3 Å². The van der Waals surface area contributed by atoms with Crippen LogP contribution in [0, 0.1) is 13.8 Å². The molecule has 1 heterocycles. The van der Waals surface area contributed by atoms with E-state index in [4.69, 9.17) is 0 Å². The van der Waals surface area contributed by atoms with Crippen molar-refractivity contribution < 1.29 is 0 Å². The van der Waals surface area contributed by atoms with Gasteiger partial charge in [0.2, 0.25) is 0 Å². The molecule has 0 unspecified atom stereocenters. The van der Waals surface area contributed by atoms with Crippen molar-refractivity contribution in [1.29, 1.82) is 0 Å². The van der Waals surface area contributed by atoms with Crippen LogP contribution in [0.5, 0.6) is 0 Å². The molecule has 110 valence electrons. The molecule has 1 N–H and O–H groups in total. The van der Waals surface area contributed by atoms with Gasteiger partial charge < -0.3 is 5.32 Å². The molecule has 0 amide bonds. The van der Waals surface area contributed by atoms with E-state index in [0.717, 1.165) is 13.1 Å². The van der Waals surface area contributed by atoms with Gasteiger partial charge >= 0.3 is 0 Å². The lowest BCUT2D eigenvalue weighted by molar-refractivity contribution is 0.0356. The Hall–Kier alpha value is -0.860. The second kappa shape index (κ2) is 5.87. The first-order valence-corrected chi connectivity index (χ1v) is 8.26. The summed E-state index contributed by atoms with van der Waals surface area (Å²) in [5.41, 5.74) is 4.82. The third-order valence-corrected chi connectivity index (χ3v) is 5.30. The Morgan fingerprint density at radius 3 is 2.40 bits per heavy atom. The molecule has 0 radical (unpaired) electrons. The third-order valence-electron chi connectivity index (χ3n) is 5.30. The highest BCUT2D eigenvalue weighted by atomic mass is 15.2. The summed E-state index contributed by atoms with van der Waals surface area (Å²) in [6, 6.07) is 7.04. The van der Waals surface area contributed by atoms with Gasteiger partial charge in [-0.05, 0) is 37.8 Å². The maximum atomic E-state index is 3.51. The number of aryl methyl sites for hydroxylation is 2. The normalized spacial score (nSPS) is 23.7. The van der Waals surface area contributed by atoms with Crippen molar-refractivity contribution in [2.75, 3.05) is 26.2 Å². The fourth-order valence-corrected chi connectivity index (χ4v) is 4.22. The summed E-state index contributed by atoms with van der Waals surface area (Å²) in [7, 11) is 0. The van der Waals surface area contributed by atoms with Gasteiger partial charge in [0.05, 0.1) is 0 Å². The molecule has 1 saturated carbocycles. The molecule has 1 aliphatic carbocycles. The molecule has 2 heteroatoms. The van der Waals surface area contributed by atoms with Crippen LogP contribution in [0.1, 0.15) is 48.8 Å².